The van der Waals surface area contributed by atoms with E-state index in [1.807, 2.05) is 0 Å². The zero-order valence-corrected chi connectivity index (χ0v) is 13.6. The molecule has 0 aromatic heterocycles. The Morgan fingerprint density at radius 2 is 1.63 bits per heavy atom. The molecule has 0 saturated carbocycles. The molecule has 0 amide bonds. The molecule has 2 unspecified atom stereocenters. The summed E-state index contributed by atoms with van der Waals surface area (Å²) in [6.45, 7) is 14.9. The van der Waals surface area contributed by atoms with Crippen LogP contribution < -0.4 is 5.32 Å². The van der Waals surface area contributed by atoms with Gasteiger partial charge in [-0.3, -0.25) is 0 Å². The lowest BCUT2D eigenvalue weighted by Gasteiger charge is -2.29. The van der Waals surface area contributed by atoms with Crippen LogP contribution in [0, 0.1) is 25.7 Å². The molecule has 19 heavy (non-hydrogen) atoms. The molecule has 0 aliphatic rings. The van der Waals surface area contributed by atoms with E-state index in [4.69, 9.17) is 0 Å². The fraction of sp³-hybridized carbons (Fsp3) is 0.667. The first-order chi connectivity index (χ1) is 8.97. The summed E-state index contributed by atoms with van der Waals surface area (Å²) in [5, 5.41) is 3.67. The van der Waals surface area contributed by atoms with E-state index in [9.17, 15) is 0 Å². The van der Waals surface area contributed by atoms with E-state index >= 15 is 0 Å². The van der Waals surface area contributed by atoms with E-state index in [2.05, 4.69) is 65.1 Å². The van der Waals surface area contributed by atoms with E-state index in [1.54, 1.807) is 5.56 Å². The Morgan fingerprint density at radius 3 is 2.11 bits per heavy atom. The summed E-state index contributed by atoms with van der Waals surface area (Å²) in [6, 6.07) is 7.23. The first-order valence-corrected chi connectivity index (χ1v) is 7.75. The Morgan fingerprint density at radius 1 is 1.05 bits per heavy atom. The summed E-state index contributed by atoms with van der Waals surface area (Å²) in [7, 11) is 0. The minimum absolute atomic E-state index is 0.582. The normalized spacial score (nSPS) is 14.7. The molecule has 1 rings (SSSR count). The van der Waals surface area contributed by atoms with Crippen molar-refractivity contribution in [1.82, 2.24) is 5.32 Å². The molecule has 0 bridgehead atoms. The van der Waals surface area contributed by atoms with Crippen molar-refractivity contribution >= 4 is 0 Å². The molecule has 1 aromatic carbocycles. The zero-order valence-electron chi connectivity index (χ0n) is 13.6. The molecule has 0 spiro atoms. The van der Waals surface area contributed by atoms with Crippen molar-refractivity contribution in [2.24, 2.45) is 11.8 Å². The quantitative estimate of drug-likeness (QED) is 0.761. The maximum Gasteiger partial charge on any atom is 0.00726 e. The number of aryl methyl sites for hydroxylation is 2. The minimum atomic E-state index is 0.582. The highest BCUT2D eigenvalue weighted by molar-refractivity contribution is 5.34. The van der Waals surface area contributed by atoms with Crippen molar-refractivity contribution in [3.8, 4) is 0 Å². The van der Waals surface area contributed by atoms with Crippen LogP contribution in [0.2, 0.25) is 0 Å². The molecule has 0 aliphatic carbocycles. The van der Waals surface area contributed by atoms with Crippen LogP contribution in [0.1, 0.15) is 50.8 Å². The van der Waals surface area contributed by atoms with Gasteiger partial charge in [0.05, 0.1) is 0 Å². The molecule has 108 valence electrons. The van der Waals surface area contributed by atoms with E-state index in [0.29, 0.717) is 17.9 Å². The molecule has 0 aliphatic heterocycles. The van der Waals surface area contributed by atoms with Crippen molar-refractivity contribution in [1.29, 1.82) is 0 Å². The van der Waals surface area contributed by atoms with Crippen LogP contribution in [-0.2, 0) is 6.42 Å². The summed E-state index contributed by atoms with van der Waals surface area (Å²) in [5.41, 5.74) is 4.42. The van der Waals surface area contributed by atoms with Crippen molar-refractivity contribution in [2.75, 3.05) is 6.54 Å². The molecule has 1 N–H and O–H groups in total. The van der Waals surface area contributed by atoms with Gasteiger partial charge in [0.1, 0.15) is 0 Å². The number of benzene rings is 1. The number of hydrogen-bond donors (Lipinski definition) is 1. The molecule has 0 radical (unpaired) electrons. The number of hydrogen-bond acceptors (Lipinski definition) is 1. The second kappa shape index (κ2) is 7.69. The van der Waals surface area contributed by atoms with Gasteiger partial charge in [0.15, 0.2) is 0 Å². The lowest BCUT2D eigenvalue weighted by Crippen LogP contribution is -2.38. The molecule has 0 saturated heterocycles. The SMILES string of the molecule is CCCNC(C)C(Cc1c(C)cccc1C)C(C)C. The van der Waals surface area contributed by atoms with Crippen molar-refractivity contribution in [2.45, 2.75) is 60.4 Å². The fourth-order valence-corrected chi connectivity index (χ4v) is 2.92. The lowest BCUT2D eigenvalue weighted by molar-refractivity contribution is 0.288. The first-order valence-electron chi connectivity index (χ1n) is 7.75. The molecule has 1 nitrogen and oxygen atoms in total. The molecule has 2 atom stereocenters. The maximum absolute atomic E-state index is 3.67. The zero-order chi connectivity index (χ0) is 14.4. The van der Waals surface area contributed by atoms with E-state index in [1.165, 1.54) is 24.0 Å². The molecule has 0 fully saturated rings. The Balaban J connectivity index is 2.84. The summed E-state index contributed by atoms with van der Waals surface area (Å²) >= 11 is 0. The highest BCUT2D eigenvalue weighted by atomic mass is 14.9. The van der Waals surface area contributed by atoms with Crippen LogP contribution in [0.15, 0.2) is 18.2 Å². The average Bonchev–Trinajstić information content (AvgIpc) is 2.35. The molecular weight excluding hydrogens is 230 g/mol. The van der Waals surface area contributed by atoms with E-state index < -0.39 is 0 Å². The van der Waals surface area contributed by atoms with Gasteiger partial charge in [-0.25, -0.2) is 0 Å². The highest BCUT2D eigenvalue weighted by Gasteiger charge is 2.22. The van der Waals surface area contributed by atoms with Crippen molar-refractivity contribution in [3.63, 3.8) is 0 Å². The third kappa shape index (κ3) is 4.65. The van der Waals surface area contributed by atoms with Crippen molar-refractivity contribution < 1.29 is 0 Å². The molecular formula is C18H31N. The summed E-state index contributed by atoms with van der Waals surface area (Å²) in [5.74, 6) is 1.41. The van der Waals surface area contributed by atoms with Crippen LogP contribution in [0.3, 0.4) is 0 Å². The molecule has 1 aromatic rings. The maximum atomic E-state index is 3.67. The molecule has 1 heteroatoms. The van der Waals surface area contributed by atoms with Gasteiger partial charge in [0.2, 0.25) is 0 Å². The summed E-state index contributed by atoms with van der Waals surface area (Å²) in [6.07, 6.45) is 2.40. The molecule has 0 heterocycles. The predicted molar refractivity (Wildman–Crippen MR) is 85.7 cm³/mol. The van der Waals surface area contributed by atoms with E-state index in [-0.39, 0.29) is 0 Å². The van der Waals surface area contributed by atoms with Gasteiger partial charge < -0.3 is 5.32 Å². The van der Waals surface area contributed by atoms with Crippen LogP contribution in [0.25, 0.3) is 0 Å². The van der Waals surface area contributed by atoms with Gasteiger partial charge in [-0.15, -0.1) is 0 Å². The van der Waals surface area contributed by atoms with Crippen LogP contribution in [0.5, 0.6) is 0 Å². The topological polar surface area (TPSA) is 12.0 Å². The Bertz CT molecular complexity index is 361. The standard InChI is InChI=1S/C18H31N/c1-7-11-19-16(6)17(13(2)3)12-18-14(4)9-8-10-15(18)5/h8-10,13,16-17,19H,7,11-12H2,1-6H3. The third-order valence-corrected chi connectivity index (χ3v) is 4.30. The van der Waals surface area contributed by atoms with Crippen molar-refractivity contribution in [3.05, 3.63) is 34.9 Å². The number of rotatable bonds is 7. The monoisotopic (exact) mass is 261 g/mol. The lowest BCUT2D eigenvalue weighted by atomic mass is 9.81. The van der Waals surface area contributed by atoms with Crippen LogP contribution >= 0.6 is 0 Å². The first kappa shape index (κ1) is 16.2. The van der Waals surface area contributed by atoms with E-state index in [0.717, 1.165) is 6.54 Å². The summed E-state index contributed by atoms with van der Waals surface area (Å²) in [4.78, 5) is 0. The second-order valence-corrected chi connectivity index (χ2v) is 6.23. The van der Waals surface area contributed by atoms with Gasteiger partial charge in [-0.05, 0) is 68.7 Å². The smallest absolute Gasteiger partial charge is 0.00726 e. The van der Waals surface area contributed by atoms with Gasteiger partial charge >= 0.3 is 0 Å². The Kier molecular flexibility index (Phi) is 6.57. The minimum Gasteiger partial charge on any atom is -0.314 e. The van der Waals surface area contributed by atoms with Gasteiger partial charge in [0, 0.05) is 6.04 Å². The van der Waals surface area contributed by atoms with Gasteiger partial charge in [0.25, 0.3) is 0 Å². The van der Waals surface area contributed by atoms with Gasteiger partial charge in [-0.2, -0.15) is 0 Å². The summed E-state index contributed by atoms with van der Waals surface area (Å²) < 4.78 is 0. The third-order valence-electron chi connectivity index (χ3n) is 4.30. The number of nitrogens with one attached hydrogen (secondary N) is 1. The highest BCUT2D eigenvalue weighted by Crippen LogP contribution is 2.25. The Hall–Kier alpha value is -0.820. The fourth-order valence-electron chi connectivity index (χ4n) is 2.92. The second-order valence-electron chi connectivity index (χ2n) is 6.23. The van der Waals surface area contributed by atoms with Crippen LogP contribution in [0.4, 0.5) is 0 Å². The average molecular weight is 261 g/mol. The largest absolute Gasteiger partial charge is 0.314 e. The Labute approximate surface area is 119 Å². The van der Waals surface area contributed by atoms with Crippen LogP contribution in [-0.4, -0.2) is 12.6 Å². The van der Waals surface area contributed by atoms with Gasteiger partial charge in [-0.1, -0.05) is 39.0 Å². The predicted octanol–water partition coefficient (Wildman–Crippen LogP) is 4.51.